The number of hydrogen-bond acceptors (Lipinski definition) is 7. The van der Waals surface area contributed by atoms with Crippen LogP contribution in [0.3, 0.4) is 0 Å². The predicted octanol–water partition coefficient (Wildman–Crippen LogP) is -0.493. The van der Waals surface area contributed by atoms with Crippen LogP contribution in [0, 0.1) is 0 Å². The molecular formula is C12H17NO6S2. The molecule has 0 atom stereocenters. The minimum Gasteiger partial charge on any atom is -0.468 e. The smallest absolute Gasteiger partial charge is 0.320 e. The lowest BCUT2D eigenvalue weighted by Gasteiger charge is -2.06. The third kappa shape index (κ3) is 5.44. The minimum atomic E-state index is -3.82. The van der Waals surface area contributed by atoms with Gasteiger partial charge < -0.3 is 10.5 Å². The van der Waals surface area contributed by atoms with Crippen molar-refractivity contribution >= 4 is 25.6 Å². The molecule has 0 aliphatic carbocycles. The third-order valence-electron chi connectivity index (χ3n) is 2.75. The van der Waals surface area contributed by atoms with Crippen LogP contribution < -0.4 is 5.73 Å². The van der Waals surface area contributed by atoms with E-state index in [1.807, 2.05) is 0 Å². The summed E-state index contributed by atoms with van der Waals surface area (Å²) in [6, 6.07) is 5.89. The van der Waals surface area contributed by atoms with Gasteiger partial charge in [-0.05, 0) is 17.7 Å². The molecule has 21 heavy (non-hydrogen) atoms. The van der Waals surface area contributed by atoms with Gasteiger partial charge in [0.25, 0.3) is 0 Å². The van der Waals surface area contributed by atoms with E-state index in [1.165, 1.54) is 12.1 Å². The van der Waals surface area contributed by atoms with Crippen molar-refractivity contribution in [3.8, 4) is 0 Å². The Bertz CT molecular complexity index is 692. The fraction of sp³-hybridized carbons (Fsp3) is 0.417. The maximum absolute atomic E-state index is 12.0. The molecule has 0 bridgehead atoms. The van der Waals surface area contributed by atoms with Crippen molar-refractivity contribution in [2.75, 3.05) is 24.4 Å². The second-order valence-corrected chi connectivity index (χ2v) is 8.63. The van der Waals surface area contributed by atoms with Crippen LogP contribution >= 0.6 is 0 Å². The first-order valence-corrected chi connectivity index (χ1v) is 9.46. The predicted molar refractivity (Wildman–Crippen MR) is 77.1 cm³/mol. The van der Waals surface area contributed by atoms with Crippen molar-refractivity contribution in [2.24, 2.45) is 5.73 Å². The summed E-state index contributed by atoms with van der Waals surface area (Å²) >= 11 is 0. The lowest BCUT2D eigenvalue weighted by molar-refractivity contribution is -0.137. The number of sulfone groups is 2. The molecule has 7 nitrogen and oxygen atoms in total. The highest BCUT2D eigenvalue weighted by atomic mass is 32.2. The lowest BCUT2D eigenvalue weighted by Crippen LogP contribution is -2.24. The molecule has 0 radical (unpaired) electrons. The Morgan fingerprint density at radius 2 is 1.67 bits per heavy atom. The molecular weight excluding hydrogens is 318 g/mol. The fourth-order valence-corrected chi connectivity index (χ4v) is 4.80. The first kappa shape index (κ1) is 17.6. The maximum atomic E-state index is 12.0. The molecule has 0 saturated heterocycles. The van der Waals surface area contributed by atoms with Crippen molar-refractivity contribution in [3.63, 3.8) is 0 Å². The van der Waals surface area contributed by atoms with Crippen molar-refractivity contribution < 1.29 is 26.4 Å². The van der Waals surface area contributed by atoms with E-state index in [-0.39, 0.29) is 11.4 Å². The number of methoxy groups -OCH3 is 1. The third-order valence-corrected chi connectivity index (χ3v) is 6.24. The fourth-order valence-electron chi connectivity index (χ4n) is 1.50. The van der Waals surface area contributed by atoms with Gasteiger partial charge in [-0.1, -0.05) is 12.1 Å². The van der Waals surface area contributed by atoms with E-state index in [9.17, 15) is 21.6 Å². The lowest BCUT2D eigenvalue weighted by atomic mass is 10.2. The van der Waals surface area contributed by atoms with Gasteiger partial charge in [0.2, 0.25) is 0 Å². The number of nitrogens with two attached hydrogens (primary N) is 1. The second-order valence-electron chi connectivity index (χ2n) is 4.34. The molecule has 9 heteroatoms. The van der Waals surface area contributed by atoms with Crippen LogP contribution in [0.1, 0.15) is 5.56 Å². The van der Waals surface area contributed by atoms with E-state index in [4.69, 9.17) is 5.73 Å². The Morgan fingerprint density at radius 3 is 2.14 bits per heavy atom. The van der Waals surface area contributed by atoms with Crippen molar-refractivity contribution in [1.29, 1.82) is 0 Å². The van der Waals surface area contributed by atoms with E-state index >= 15 is 0 Å². The zero-order valence-corrected chi connectivity index (χ0v) is 13.1. The summed E-state index contributed by atoms with van der Waals surface area (Å²) in [6.45, 7) is 0.286. The van der Waals surface area contributed by atoms with Crippen molar-refractivity contribution in [1.82, 2.24) is 0 Å². The summed E-state index contributed by atoms with van der Waals surface area (Å²) in [5.74, 6) is -2.97. The molecule has 1 aromatic carbocycles. The highest BCUT2D eigenvalue weighted by Crippen LogP contribution is 2.13. The largest absolute Gasteiger partial charge is 0.468 e. The van der Waals surface area contributed by atoms with E-state index in [0.29, 0.717) is 0 Å². The van der Waals surface area contributed by atoms with Crippen LogP contribution in [0.5, 0.6) is 0 Å². The average molecular weight is 335 g/mol. The standard InChI is InChI=1S/C12H17NO6S2/c1-19-12(14)9-20(15,16)6-7-21(17,18)11-4-2-10(8-13)3-5-11/h2-5H,6-9,13H2,1H3. The molecule has 0 amide bonds. The second kappa shape index (κ2) is 7.01. The molecule has 118 valence electrons. The molecule has 0 aliphatic heterocycles. The summed E-state index contributed by atoms with van der Waals surface area (Å²) in [4.78, 5) is 11.0. The summed E-state index contributed by atoms with van der Waals surface area (Å²) in [5.41, 5.74) is 6.18. The molecule has 0 saturated carbocycles. The average Bonchev–Trinajstić information content (AvgIpc) is 2.45. The van der Waals surface area contributed by atoms with Crippen LogP contribution in [0.2, 0.25) is 0 Å². The maximum Gasteiger partial charge on any atom is 0.320 e. The Morgan fingerprint density at radius 1 is 1.10 bits per heavy atom. The van der Waals surface area contributed by atoms with E-state index in [2.05, 4.69) is 4.74 Å². The number of benzene rings is 1. The SMILES string of the molecule is COC(=O)CS(=O)(=O)CCS(=O)(=O)c1ccc(CN)cc1. The van der Waals surface area contributed by atoms with Gasteiger partial charge >= 0.3 is 5.97 Å². The number of esters is 1. The van der Waals surface area contributed by atoms with Crippen molar-refractivity contribution in [3.05, 3.63) is 29.8 Å². The Hall–Kier alpha value is -1.45. The van der Waals surface area contributed by atoms with Crippen LogP contribution in [0.15, 0.2) is 29.2 Å². The van der Waals surface area contributed by atoms with Crippen molar-refractivity contribution in [2.45, 2.75) is 11.4 Å². The molecule has 0 heterocycles. The van der Waals surface area contributed by atoms with E-state index in [0.717, 1.165) is 12.7 Å². The van der Waals surface area contributed by atoms with Gasteiger partial charge in [-0.15, -0.1) is 0 Å². The monoisotopic (exact) mass is 335 g/mol. The molecule has 1 rings (SSSR count). The van der Waals surface area contributed by atoms with E-state index in [1.54, 1.807) is 12.1 Å². The number of ether oxygens (including phenoxy) is 1. The summed E-state index contributed by atoms with van der Waals surface area (Å²) in [7, 11) is -6.49. The minimum absolute atomic E-state index is 0.0213. The zero-order chi connectivity index (χ0) is 16.1. The molecule has 0 unspecified atom stereocenters. The first-order chi connectivity index (χ1) is 9.70. The Labute approximate surface area is 123 Å². The molecule has 0 aromatic heterocycles. The Kier molecular flexibility index (Phi) is 5.87. The van der Waals surface area contributed by atoms with Gasteiger partial charge in [0.05, 0.1) is 23.5 Å². The molecule has 0 aliphatic rings. The summed E-state index contributed by atoms with van der Waals surface area (Å²) in [6.07, 6.45) is 0. The number of hydrogen-bond donors (Lipinski definition) is 1. The van der Waals surface area contributed by atoms with Gasteiger partial charge in [-0.3, -0.25) is 4.79 Å². The zero-order valence-electron chi connectivity index (χ0n) is 11.5. The highest BCUT2D eigenvalue weighted by Gasteiger charge is 2.22. The van der Waals surface area contributed by atoms with Gasteiger partial charge in [0.1, 0.15) is 5.75 Å². The first-order valence-electron chi connectivity index (χ1n) is 5.99. The van der Waals surface area contributed by atoms with Gasteiger partial charge in [-0.2, -0.15) is 0 Å². The molecule has 2 N–H and O–H groups in total. The summed E-state index contributed by atoms with van der Waals surface area (Å²) < 4.78 is 51.5. The van der Waals surface area contributed by atoms with Crippen LogP contribution in [-0.2, 0) is 35.8 Å². The molecule has 0 fully saturated rings. The van der Waals surface area contributed by atoms with Crippen LogP contribution in [0.25, 0.3) is 0 Å². The molecule has 0 spiro atoms. The number of carbonyl (C=O) groups excluding carboxylic acids is 1. The van der Waals surface area contributed by atoms with Gasteiger partial charge in [-0.25, -0.2) is 16.8 Å². The van der Waals surface area contributed by atoms with Crippen LogP contribution in [0.4, 0.5) is 0 Å². The van der Waals surface area contributed by atoms with Crippen LogP contribution in [-0.4, -0.2) is 47.2 Å². The topological polar surface area (TPSA) is 121 Å². The highest BCUT2D eigenvalue weighted by molar-refractivity contribution is 7.95. The van der Waals surface area contributed by atoms with Gasteiger partial charge in [0.15, 0.2) is 19.7 Å². The summed E-state index contributed by atoms with van der Waals surface area (Å²) in [5, 5.41) is 0. The Balaban J connectivity index is 2.79. The quantitative estimate of drug-likeness (QED) is 0.667. The number of carbonyl (C=O) groups is 1. The van der Waals surface area contributed by atoms with E-state index < -0.39 is 42.9 Å². The number of rotatable bonds is 7. The molecule has 1 aromatic rings. The normalized spacial score (nSPS) is 12.1. The van der Waals surface area contributed by atoms with Gasteiger partial charge in [0, 0.05) is 6.54 Å².